The van der Waals surface area contributed by atoms with Gasteiger partial charge in [-0.15, -0.1) is 0 Å². The first-order valence-corrected chi connectivity index (χ1v) is 8.88. The van der Waals surface area contributed by atoms with E-state index < -0.39 is 0 Å². The van der Waals surface area contributed by atoms with Crippen molar-refractivity contribution in [2.45, 2.75) is 38.4 Å². The first-order chi connectivity index (χ1) is 12.7. The lowest BCUT2D eigenvalue weighted by Gasteiger charge is -2.22. The van der Waals surface area contributed by atoms with Crippen LogP contribution in [0.2, 0.25) is 0 Å². The molecule has 1 saturated heterocycles. The second-order valence-electron chi connectivity index (χ2n) is 6.46. The van der Waals surface area contributed by atoms with Gasteiger partial charge in [0.2, 0.25) is 11.8 Å². The minimum absolute atomic E-state index is 0.0111. The van der Waals surface area contributed by atoms with Crippen molar-refractivity contribution in [3.63, 3.8) is 0 Å². The number of hydrogen-bond acceptors (Lipinski definition) is 5. The van der Waals surface area contributed by atoms with Gasteiger partial charge in [0.15, 0.2) is 0 Å². The Labute approximate surface area is 152 Å². The van der Waals surface area contributed by atoms with Crippen LogP contribution in [0.15, 0.2) is 47.3 Å². The van der Waals surface area contributed by atoms with Crippen LogP contribution < -0.4 is 10.6 Å². The molecule has 2 amide bonds. The van der Waals surface area contributed by atoms with E-state index in [1.807, 2.05) is 31.2 Å². The third-order valence-electron chi connectivity index (χ3n) is 4.45. The Morgan fingerprint density at radius 1 is 1.35 bits per heavy atom. The molecule has 26 heavy (non-hydrogen) atoms. The van der Waals surface area contributed by atoms with E-state index in [2.05, 4.69) is 20.5 Å². The van der Waals surface area contributed by atoms with Crippen LogP contribution in [0.5, 0.6) is 0 Å². The van der Waals surface area contributed by atoms with E-state index >= 15 is 0 Å². The van der Waals surface area contributed by atoms with E-state index in [1.165, 1.54) is 0 Å². The van der Waals surface area contributed by atoms with Crippen LogP contribution in [-0.4, -0.2) is 46.9 Å². The molecule has 0 bridgehead atoms. The van der Waals surface area contributed by atoms with Gasteiger partial charge >= 0.3 is 0 Å². The topological polar surface area (TPSA) is 87.5 Å². The molecule has 2 atom stereocenters. The number of amides is 2. The van der Waals surface area contributed by atoms with E-state index in [4.69, 9.17) is 4.42 Å². The van der Waals surface area contributed by atoms with Gasteiger partial charge in [-0.05, 0) is 37.1 Å². The summed E-state index contributed by atoms with van der Waals surface area (Å²) in [5, 5.41) is 5.92. The number of carbonyl (C=O) groups excluding carboxylic acids is 2. The maximum atomic E-state index is 12.4. The van der Waals surface area contributed by atoms with Crippen LogP contribution in [-0.2, 0) is 22.6 Å². The van der Waals surface area contributed by atoms with Crippen molar-refractivity contribution in [2.75, 3.05) is 13.1 Å². The predicted octanol–water partition coefficient (Wildman–Crippen LogP) is 1.11. The fourth-order valence-electron chi connectivity index (χ4n) is 3.32. The average Bonchev–Trinajstić information content (AvgIpc) is 3.26. The molecule has 0 unspecified atom stereocenters. The van der Waals surface area contributed by atoms with Crippen molar-refractivity contribution in [1.82, 2.24) is 20.5 Å². The van der Waals surface area contributed by atoms with Gasteiger partial charge in [0.1, 0.15) is 5.76 Å². The fraction of sp³-hybridized carbons (Fsp3) is 0.421. The molecule has 0 spiro atoms. The number of rotatable bonds is 7. The lowest BCUT2D eigenvalue weighted by Crippen LogP contribution is -2.42. The SMILES string of the molecule is CCNC(=O)[C@@H]1C[C@@H](NC(=O)Cc2cccnc2)CN1Cc1ccco1. The van der Waals surface area contributed by atoms with Gasteiger partial charge in [-0.1, -0.05) is 6.07 Å². The van der Waals surface area contributed by atoms with Crippen molar-refractivity contribution >= 4 is 11.8 Å². The molecule has 2 aromatic rings. The molecule has 0 radical (unpaired) electrons. The monoisotopic (exact) mass is 356 g/mol. The number of aromatic nitrogens is 1. The summed E-state index contributed by atoms with van der Waals surface area (Å²) in [7, 11) is 0. The summed E-state index contributed by atoms with van der Waals surface area (Å²) in [4.78, 5) is 30.8. The highest BCUT2D eigenvalue weighted by Gasteiger charge is 2.37. The van der Waals surface area contributed by atoms with Crippen LogP contribution in [0.25, 0.3) is 0 Å². The lowest BCUT2D eigenvalue weighted by atomic mass is 10.1. The van der Waals surface area contributed by atoms with Crippen molar-refractivity contribution < 1.29 is 14.0 Å². The fourth-order valence-corrected chi connectivity index (χ4v) is 3.32. The summed E-state index contributed by atoms with van der Waals surface area (Å²) >= 11 is 0. The standard InChI is InChI=1S/C19H24N4O3/c1-2-21-19(25)17-10-15(12-23(17)13-16-6-4-8-26-16)22-18(24)9-14-5-3-7-20-11-14/h3-8,11,15,17H,2,9-10,12-13H2,1H3,(H,21,25)(H,22,24)/t15-,17+/m1/s1. The second-order valence-corrected chi connectivity index (χ2v) is 6.46. The Bertz CT molecular complexity index is 718. The van der Waals surface area contributed by atoms with Crippen LogP contribution in [0, 0.1) is 0 Å². The summed E-state index contributed by atoms with van der Waals surface area (Å²) in [6, 6.07) is 7.07. The molecule has 7 heteroatoms. The molecule has 0 saturated carbocycles. The maximum absolute atomic E-state index is 12.4. The molecular formula is C19H24N4O3. The number of pyridine rings is 1. The second kappa shape index (κ2) is 8.62. The molecule has 0 aromatic carbocycles. The highest BCUT2D eigenvalue weighted by Crippen LogP contribution is 2.21. The van der Waals surface area contributed by atoms with Gasteiger partial charge in [-0.25, -0.2) is 0 Å². The number of likely N-dealkylation sites (N-methyl/N-ethyl adjacent to an activating group) is 1. The molecule has 3 rings (SSSR count). The van der Waals surface area contributed by atoms with Gasteiger partial charge < -0.3 is 15.1 Å². The average molecular weight is 356 g/mol. The number of nitrogens with one attached hydrogen (secondary N) is 2. The maximum Gasteiger partial charge on any atom is 0.237 e. The minimum atomic E-state index is -0.274. The van der Waals surface area contributed by atoms with Crippen molar-refractivity contribution in [2.24, 2.45) is 0 Å². The summed E-state index contributed by atoms with van der Waals surface area (Å²) in [6.07, 6.45) is 5.87. The number of likely N-dealkylation sites (tertiary alicyclic amines) is 1. The van der Waals surface area contributed by atoms with E-state index in [-0.39, 0.29) is 30.3 Å². The molecule has 1 aliphatic heterocycles. The number of carbonyl (C=O) groups is 2. The van der Waals surface area contributed by atoms with Crippen LogP contribution >= 0.6 is 0 Å². The van der Waals surface area contributed by atoms with Gasteiger partial charge in [-0.3, -0.25) is 19.5 Å². The first kappa shape index (κ1) is 18.1. The van der Waals surface area contributed by atoms with E-state index in [1.54, 1.807) is 18.7 Å². The van der Waals surface area contributed by atoms with E-state index in [9.17, 15) is 9.59 Å². The molecule has 1 fully saturated rings. The van der Waals surface area contributed by atoms with E-state index in [0.29, 0.717) is 26.1 Å². The van der Waals surface area contributed by atoms with Crippen LogP contribution in [0.4, 0.5) is 0 Å². The number of nitrogens with zero attached hydrogens (tertiary/aromatic N) is 2. The first-order valence-electron chi connectivity index (χ1n) is 8.88. The van der Waals surface area contributed by atoms with Crippen molar-refractivity contribution in [3.8, 4) is 0 Å². The van der Waals surface area contributed by atoms with Crippen molar-refractivity contribution in [1.29, 1.82) is 0 Å². The Morgan fingerprint density at radius 2 is 2.23 bits per heavy atom. The van der Waals surface area contributed by atoms with Gasteiger partial charge in [0.05, 0.1) is 25.3 Å². The molecule has 7 nitrogen and oxygen atoms in total. The summed E-state index contributed by atoms with van der Waals surface area (Å²) in [6.45, 7) is 3.64. The highest BCUT2D eigenvalue weighted by atomic mass is 16.3. The number of hydrogen-bond donors (Lipinski definition) is 2. The molecule has 1 aliphatic rings. The van der Waals surface area contributed by atoms with Gasteiger partial charge in [0, 0.05) is 31.5 Å². The van der Waals surface area contributed by atoms with Gasteiger partial charge in [-0.2, -0.15) is 0 Å². The lowest BCUT2D eigenvalue weighted by molar-refractivity contribution is -0.125. The predicted molar refractivity (Wildman–Crippen MR) is 96.1 cm³/mol. The zero-order valence-electron chi connectivity index (χ0n) is 14.9. The zero-order valence-corrected chi connectivity index (χ0v) is 14.9. The minimum Gasteiger partial charge on any atom is -0.468 e. The summed E-state index contributed by atoms with van der Waals surface area (Å²) < 4.78 is 5.41. The molecule has 138 valence electrons. The van der Waals surface area contributed by atoms with Crippen LogP contribution in [0.3, 0.4) is 0 Å². The summed E-state index contributed by atoms with van der Waals surface area (Å²) in [5.41, 5.74) is 0.871. The third kappa shape index (κ3) is 4.70. The molecule has 3 heterocycles. The summed E-state index contributed by atoms with van der Waals surface area (Å²) in [5.74, 6) is 0.738. The number of furan rings is 1. The Balaban J connectivity index is 1.61. The Kier molecular flexibility index (Phi) is 6.01. The molecule has 0 aliphatic carbocycles. The quantitative estimate of drug-likeness (QED) is 0.776. The molecule has 2 aromatic heterocycles. The Morgan fingerprint density at radius 3 is 2.92 bits per heavy atom. The normalized spacial score (nSPS) is 20.0. The Hall–Kier alpha value is -2.67. The molecular weight excluding hydrogens is 332 g/mol. The van der Waals surface area contributed by atoms with Crippen LogP contribution in [0.1, 0.15) is 24.7 Å². The zero-order chi connectivity index (χ0) is 18.4. The highest BCUT2D eigenvalue weighted by molar-refractivity contribution is 5.83. The smallest absolute Gasteiger partial charge is 0.237 e. The van der Waals surface area contributed by atoms with E-state index in [0.717, 1.165) is 11.3 Å². The largest absolute Gasteiger partial charge is 0.468 e. The van der Waals surface area contributed by atoms with Crippen molar-refractivity contribution in [3.05, 3.63) is 54.2 Å². The van der Waals surface area contributed by atoms with Gasteiger partial charge in [0.25, 0.3) is 0 Å². The molecule has 2 N–H and O–H groups in total. The third-order valence-corrected chi connectivity index (χ3v) is 4.45.